The van der Waals surface area contributed by atoms with E-state index in [1.807, 2.05) is 36.4 Å². The summed E-state index contributed by atoms with van der Waals surface area (Å²) in [6.45, 7) is 1.75. The molecule has 2 aromatic carbocycles. The minimum Gasteiger partial charge on any atom is -0.334 e. The van der Waals surface area contributed by atoms with Crippen LogP contribution in [0.4, 0.5) is 5.69 Å². The molecule has 0 fully saturated rings. The lowest BCUT2D eigenvalue weighted by molar-refractivity contribution is 0.102. The molecule has 1 N–H and O–H groups in total. The van der Waals surface area contributed by atoms with Gasteiger partial charge in [-0.25, -0.2) is 0 Å². The first kappa shape index (κ1) is 14.7. The van der Waals surface area contributed by atoms with Gasteiger partial charge >= 0.3 is 0 Å². The SMILES string of the molecule is Cc1noc(-c2ccccc2NC(=O)c2cccc(I)c2)n1. The number of hydrogen-bond donors (Lipinski definition) is 1. The molecular weight excluding hydrogens is 393 g/mol. The number of rotatable bonds is 3. The Bertz CT molecular complexity index is 830. The maximum atomic E-state index is 12.4. The molecule has 0 unspecified atom stereocenters. The fraction of sp³-hybridized carbons (Fsp3) is 0.0625. The average molecular weight is 405 g/mol. The predicted molar refractivity (Wildman–Crippen MR) is 91.6 cm³/mol. The van der Waals surface area contributed by atoms with E-state index in [1.54, 1.807) is 19.1 Å². The van der Waals surface area contributed by atoms with Crippen molar-refractivity contribution in [3.63, 3.8) is 0 Å². The van der Waals surface area contributed by atoms with E-state index >= 15 is 0 Å². The summed E-state index contributed by atoms with van der Waals surface area (Å²) in [6.07, 6.45) is 0. The number of nitrogens with one attached hydrogen (secondary N) is 1. The lowest BCUT2D eigenvalue weighted by atomic mass is 10.1. The van der Waals surface area contributed by atoms with Crippen molar-refractivity contribution in [2.24, 2.45) is 0 Å². The first-order chi connectivity index (χ1) is 10.6. The van der Waals surface area contributed by atoms with E-state index in [0.717, 1.165) is 3.57 Å². The van der Waals surface area contributed by atoms with Crippen LogP contribution in [0.25, 0.3) is 11.5 Å². The molecular formula is C16H12IN3O2. The van der Waals surface area contributed by atoms with Crippen molar-refractivity contribution >= 4 is 34.2 Å². The Labute approximate surface area is 140 Å². The van der Waals surface area contributed by atoms with Gasteiger partial charge in [0.15, 0.2) is 5.82 Å². The van der Waals surface area contributed by atoms with Gasteiger partial charge in [-0.05, 0) is 59.8 Å². The van der Waals surface area contributed by atoms with Crippen LogP contribution >= 0.6 is 22.6 Å². The summed E-state index contributed by atoms with van der Waals surface area (Å²) >= 11 is 2.18. The number of benzene rings is 2. The summed E-state index contributed by atoms with van der Waals surface area (Å²) in [6, 6.07) is 14.7. The average Bonchev–Trinajstić information content (AvgIpc) is 2.94. The van der Waals surface area contributed by atoms with E-state index < -0.39 is 0 Å². The number of anilines is 1. The molecule has 1 aromatic heterocycles. The van der Waals surface area contributed by atoms with Crippen LogP contribution < -0.4 is 5.32 Å². The molecule has 1 amide bonds. The largest absolute Gasteiger partial charge is 0.334 e. The minimum atomic E-state index is -0.179. The molecule has 0 saturated carbocycles. The van der Waals surface area contributed by atoms with E-state index in [9.17, 15) is 4.79 Å². The normalized spacial score (nSPS) is 10.5. The van der Waals surface area contributed by atoms with Crippen molar-refractivity contribution < 1.29 is 9.32 Å². The molecule has 0 saturated heterocycles. The molecule has 0 radical (unpaired) electrons. The van der Waals surface area contributed by atoms with E-state index in [4.69, 9.17) is 4.52 Å². The molecule has 3 rings (SSSR count). The van der Waals surface area contributed by atoms with E-state index in [1.165, 1.54) is 0 Å². The molecule has 0 aliphatic heterocycles. The Hall–Kier alpha value is -2.22. The van der Waals surface area contributed by atoms with E-state index in [-0.39, 0.29) is 5.91 Å². The van der Waals surface area contributed by atoms with Crippen LogP contribution in [-0.4, -0.2) is 16.0 Å². The zero-order valence-electron chi connectivity index (χ0n) is 11.7. The van der Waals surface area contributed by atoms with Gasteiger partial charge in [-0.2, -0.15) is 4.98 Å². The second kappa shape index (κ2) is 6.27. The van der Waals surface area contributed by atoms with Gasteiger partial charge in [0, 0.05) is 9.13 Å². The smallest absolute Gasteiger partial charge is 0.260 e. The number of halogens is 1. The van der Waals surface area contributed by atoms with Crippen LogP contribution in [0.15, 0.2) is 53.1 Å². The van der Waals surface area contributed by atoms with Gasteiger partial charge in [-0.15, -0.1) is 0 Å². The Morgan fingerprint density at radius 2 is 2.00 bits per heavy atom. The molecule has 0 aliphatic carbocycles. The van der Waals surface area contributed by atoms with Crippen LogP contribution in [0, 0.1) is 10.5 Å². The van der Waals surface area contributed by atoms with Gasteiger partial charge < -0.3 is 9.84 Å². The van der Waals surface area contributed by atoms with Crippen LogP contribution in [0.3, 0.4) is 0 Å². The standard InChI is InChI=1S/C16H12IN3O2/c1-10-18-16(22-20-10)13-7-2-3-8-14(13)19-15(21)11-5-4-6-12(17)9-11/h2-9H,1H3,(H,19,21). The number of carbonyl (C=O) groups is 1. The Kier molecular flexibility index (Phi) is 4.19. The second-order valence-electron chi connectivity index (χ2n) is 4.66. The number of aryl methyl sites for hydroxylation is 1. The maximum absolute atomic E-state index is 12.4. The summed E-state index contributed by atoms with van der Waals surface area (Å²) in [5.74, 6) is 0.756. The zero-order valence-corrected chi connectivity index (χ0v) is 13.9. The molecule has 3 aromatic rings. The van der Waals surface area contributed by atoms with Gasteiger partial charge in [0.25, 0.3) is 11.8 Å². The summed E-state index contributed by atoms with van der Waals surface area (Å²) < 4.78 is 6.19. The number of nitrogens with zero attached hydrogens (tertiary/aromatic N) is 2. The number of amides is 1. The van der Waals surface area contributed by atoms with Gasteiger partial charge in [-0.1, -0.05) is 23.4 Å². The summed E-state index contributed by atoms with van der Waals surface area (Å²) in [5.41, 5.74) is 1.93. The highest BCUT2D eigenvalue weighted by atomic mass is 127. The number of aromatic nitrogens is 2. The van der Waals surface area contributed by atoms with Crippen molar-refractivity contribution in [1.29, 1.82) is 0 Å². The highest BCUT2D eigenvalue weighted by molar-refractivity contribution is 14.1. The van der Waals surface area contributed by atoms with Gasteiger partial charge in [0.1, 0.15) is 0 Å². The summed E-state index contributed by atoms with van der Waals surface area (Å²) in [7, 11) is 0. The number of carbonyl (C=O) groups excluding carboxylic acids is 1. The molecule has 0 atom stereocenters. The van der Waals surface area contributed by atoms with Crippen LogP contribution in [0.2, 0.25) is 0 Å². The van der Waals surface area contributed by atoms with Crippen LogP contribution in [0.5, 0.6) is 0 Å². The van der Waals surface area contributed by atoms with Gasteiger partial charge in [-0.3, -0.25) is 4.79 Å². The molecule has 6 heteroatoms. The van der Waals surface area contributed by atoms with Crippen molar-refractivity contribution in [2.45, 2.75) is 6.92 Å². The topological polar surface area (TPSA) is 68.0 Å². The van der Waals surface area contributed by atoms with Crippen LogP contribution in [0.1, 0.15) is 16.2 Å². The fourth-order valence-corrected chi connectivity index (χ4v) is 2.55. The number of hydrogen-bond acceptors (Lipinski definition) is 4. The highest BCUT2D eigenvalue weighted by Gasteiger charge is 2.14. The lowest BCUT2D eigenvalue weighted by Gasteiger charge is -2.08. The molecule has 22 heavy (non-hydrogen) atoms. The Morgan fingerprint density at radius 1 is 1.18 bits per heavy atom. The molecule has 1 heterocycles. The van der Waals surface area contributed by atoms with Gasteiger partial charge in [0.2, 0.25) is 0 Å². The number of para-hydroxylation sites is 1. The van der Waals surface area contributed by atoms with E-state index in [0.29, 0.717) is 28.5 Å². The fourth-order valence-electron chi connectivity index (χ4n) is 2.01. The summed E-state index contributed by atoms with van der Waals surface area (Å²) in [4.78, 5) is 16.6. The predicted octanol–water partition coefficient (Wildman–Crippen LogP) is 3.90. The first-order valence-corrected chi connectivity index (χ1v) is 7.68. The third-order valence-electron chi connectivity index (χ3n) is 3.02. The minimum absolute atomic E-state index is 0.179. The maximum Gasteiger partial charge on any atom is 0.260 e. The molecule has 0 aliphatic rings. The monoisotopic (exact) mass is 405 g/mol. The highest BCUT2D eigenvalue weighted by Crippen LogP contribution is 2.26. The third kappa shape index (κ3) is 3.16. The molecule has 110 valence electrons. The summed E-state index contributed by atoms with van der Waals surface area (Å²) in [5, 5.41) is 6.67. The molecule has 0 bridgehead atoms. The van der Waals surface area contributed by atoms with Crippen molar-refractivity contribution in [3.8, 4) is 11.5 Å². The second-order valence-corrected chi connectivity index (χ2v) is 5.90. The van der Waals surface area contributed by atoms with Crippen LogP contribution in [-0.2, 0) is 0 Å². The Balaban J connectivity index is 1.91. The Morgan fingerprint density at radius 3 is 2.73 bits per heavy atom. The molecule has 0 spiro atoms. The third-order valence-corrected chi connectivity index (χ3v) is 3.69. The molecule has 5 nitrogen and oxygen atoms in total. The van der Waals surface area contributed by atoms with Crippen molar-refractivity contribution in [2.75, 3.05) is 5.32 Å². The zero-order chi connectivity index (χ0) is 15.5. The van der Waals surface area contributed by atoms with Crippen molar-refractivity contribution in [1.82, 2.24) is 10.1 Å². The first-order valence-electron chi connectivity index (χ1n) is 6.60. The quantitative estimate of drug-likeness (QED) is 0.672. The van der Waals surface area contributed by atoms with Gasteiger partial charge in [0.05, 0.1) is 11.3 Å². The lowest BCUT2D eigenvalue weighted by Crippen LogP contribution is -2.12. The van der Waals surface area contributed by atoms with E-state index in [2.05, 4.69) is 38.0 Å². The van der Waals surface area contributed by atoms with Crippen molar-refractivity contribution in [3.05, 3.63) is 63.5 Å².